The van der Waals surface area contributed by atoms with Crippen LogP contribution in [0.15, 0.2) is 40.6 Å². The Morgan fingerprint density at radius 3 is 2.60 bits per heavy atom. The van der Waals surface area contributed by atoms with Crippen LogP contribution in [0.5, 0.6) is 0 Å². The van der Waals surface area contributed by atoms with E-state index in [1.807, 2.05) is 45.0 Å². The Morgan fingerprint density at radius 2 is 2.00 bits per heavy atom. The number of aliphatic hydroxyl groups is 1. The number of para-hydroxylation sites is 1. The van der Waals surface area contributed by atoms with Crippen molar-refractivity contribution in [1.82, 2.24) is 0 Å². The molecule has 1 fully saturated rings. The van der Waals surface area contributed by atoms with E-state index < -0.39 is 0 Å². The molecule has 0 bridgehead atoms. The molecular formula is C16H19NO2S. The molecule has 0 unspecified atom stereocenters. The lowest BCUT2D eigenvalue weighted by Gasteiger charge is -2.30. The van der Waals surface area contributed by atoms with Gasteiger partial charge in [-0.25, -0.2) is 0 Å². The molecule has 1 saturated heterocycles. The SMILES string of the molecule is C/C(O)=C1\C(=O)SC(C)(C)CC1=Nc1ccccc1C. The Bertz CT molecular complexity index is 611. The van der Waals surface area contributed by atoms with Gasteiger partial charge in [0.15, 0.2) is 0 Å². The van der Waals surface area contributed by atoms with Gasteiger partial charge in [0.05, 0.1) is 17.0 Å². The number of allylic oxidation sites excluding steroid dienone is 1. The molecule has 0 atom stereocenters. The number of carbonyl (C=O) groups is 1. The summed E-state index contributed by atoms with van der Waals surface area (Å²) in [6.07, 6.45) is 0.658. The number of aryl methyl sites for hydroxylation is 1. The van der Waals surface area contributed by atoms with Crippen molar-refractivity contribution in [2.45, 2.75) is 38.9 Å². The topological polar surface area (TPSA) is 49.7 Å². The molecule has 3 nitrogen and oxygen atoms in total. The van der Waals surface area contributed by atoms with Gasteiger partial charge in [0.25, 0.3) is 0 Å². The van der Waals surface area contributed by atoms with Crippen LogP contribution in [0.3, 0.4) is 0 Å². The maximum absolute atomic E-state index is 12.2. The molecule has 0 spiro atoms. The Labute approximate surface area is 123 Å². The van der Waals surface area contributed by atoms with Crippen LogP contribution in [0.1, 0.15) is 32.8 Å². The second-order valence-corrected chi connectivity index (χ2v) is 7.31. The molecule has 4 heteroatoms. The van der Waals surface area contributed by atoms with Crippen molar-refractivity contribution in [2.24, 2.45) is 4.99 Å². The highest BCUT2D eigenvalue weighted by molar-refractivity contribution is 8.15. The third-order valence-electron chi connectivity index (χ3n) is 3.19. The average Bonchev–Trinajstić information content (AvgIpc) is 2.29. The van der Waals surface area contributed by atoms with E-state index in [0.29, 0.717) is 17.7 Å². The Kier molecular flexibility index (Phi) is 4.04. The van der Waals surface area contributed by atoms with E-state index in [1.165, 1.54) is 11.8 Å². The van der Waals surface area contributed by atoms with E-state index in [2.05, 4.69) is 4.99 Å². The number of hydrogen-bond acceptors (Lipinski definition) is 4. The maximum atomic E-state index is 12.2. The Hall–Kier alpha value is -1.55. The van der Waals surface area contributed by atoms with Gasteiger partial charge in [0.1, 0.15) is 5.76 Å². The number of aliphatic imine (C=N–C) groups is 1. The van der Waals surface area contributed by atoms with Crippen molar-refractivity contribution in [3.8, 4) is 0 Å². The van der Waals surface area contributed by atoms with Crippen LogP contribution in [0, 0.1) is 6.92 Å². The van der Waals surface area contributed by atoms with E-state index in [-0.39, 0.29) is 15.6 Å². The summed E-state index contributed by atoms with van der Waals surface area (Å²) in [4.78, 5) is 16.8. The van der Waals surface area contributed by atoms with Gasteiger partial charge in [-0.05, 0) is 39.3 Å². The highest BCUT2D eigenvalue weighted by Gasteiger charge is 2.36. The first-order valence-electron chi connectivity index (χ1n) is 6.57. The van der Waals surface area contributed by atoms with Crippen molar-refractivity contribution in [3.05, 3.63) is 41.2 Å². The van der Waals surface area contributed by atoms with Crippen molar-refractivity contribution < 1.29 is 9.90 Å². The van der Waals surface area contributed by atoms with Crippen LogP contribution in [0.2, 0.25) is 0 Å². The van der Waals surface area contributed by atoms with Crippen LogP contribution in [-0.4, -0.2) is 20.7 Å². The third kappa shape index (κ3) is 3.12. The largest absolute Gasteiger partial charge is 0.512 e. The van der Waals surface area contributed by atoms with Crippen LogP contribution < -0.4 is 0 Å². The standard InChI is InChI=1S/C16H19NO2S/c1-10-7-5-6-8-12(10)17-13-9-16(3,4)20-15(19)14(13)11(2)18/h5-8,18H,9H2,1-4H3/b14-11+,17-13?. The van der Waals surface area contributed by atoms with Gasteiger partial charge in [0.2, 0.25) is 5.12 Å². The van der Waals surface area contributed by atoms with E-state index >= 15 is 0 Å². The monoisotopic (exact) mass is 289 g/mol. The molecule has 1 aromatic carbocycles. The minimum atomic E-state index is -0.197. The van der Waals surface area contributed by atoms with E-state index in [4.69, 9.17) is 0 Å². The van der Waals surface area contributed by atoms with Crippen molar-refractivity contribution in [2.75, 3.05) is 0 Å². The first kappa shape index (κ1) is 14.9. The fraction of sp³-hybridized carbons (Fsp3) is 0.375. The predicted molar refractivity (Wildman–Crippen MR) is 84.9 cm³/mol. The first-order valence-corrected chi connectivity index (χ1v) is 7.38. The molecule has 0 saturated carbocycles. The zero-order valence-corrected chi connectivity index (χ0v) is 13.0. The fourth-order valence-corrected chi connectivity index (χ4v) is 3.31. The van der Waals surface area contributed by atoms with Crippen molar-refractivity contribution in [3.63, 3.8) is 0 Å². The average molecular weight is 289 g/mol. The number of benzene rings is 1. The predicted octanol–water partition coefficient (Wildman–Crippen LogP) is 4.34. The summed E-state index contributed by atoms with van der Waals surface area (Å²) in [6.45, 7) is 7.57. The van der Waals surface area contributed by atoms with Gasteiger partial charge in [-0.15, -0.1) is 0 Å². The highest BCUT2D eigenvalue weighted by atomic mass is 32.2. The fourth-order valence-electron chi connectivity index (χ4n) is 2.23. The lowest BCUT2D eigenvalue weighted by molar-refractivity contribution is -0.107. The zero-order valence-electron chi connectivity index (χ0n) is 12.2. The molecule has 0 aromatic heterocycles. The molecule has 106 valence electrons. The Morgan fingerprint density at radius 1 is 1.35 bits per heavy atom. The van der Waals surface area contributed by atoms with Gasteiger partial charge in [-0.3, -0.25) is 9.79 Å². The van der Waals surface area contributed by atoms with Crippen LogP contribution in [0.25, 0.3) is 0 Å². The quantitative estimate of drug-likeness (QED) is 0.618. The molecule has 20 heavy (non-hydrogen) atoms. The molecule has 1 aliphatic heterocycles. The molecule has 0 amide bonds. The highest BCUT2D eigenvalue weighted by Crippen LogP contribution is 2.39. The van der Waals surface area contributed by atoms with Gasteiger partial charge < -0.3 is 5.11 Å². The van der Waals surface area contributed by atoms with E-state index in [1.54, 1.807) is 6.92 Å². The summed E-state index contributed by atoms with van der Waals surface area (Å²) >= 11 is 1.26. The second kappa shape index (κ2) is 5.44. The number of nitrogens with zero attached hydrogens (tertiary/aromatic N) is 1. The summed E-state index contributed by atoms with van der Waals surface area (Å²) < 4.78 is -0.197. The molecule has 1 heterocycles. The minimum absolute atomic E-state index is 0.0466. The van der Waals surface area contributed by atoms with Crippen molar-refractivity contribution >= 4 is 28.3 Å². The summed E-state index contributed by atoms with van der Waals surface area (Å²) in [5, 5.41) is 9.70. The zero-order chi connectivity index (χ0) is 14.9. The normalized spacial score (nSPS) is 23.0. The molecule has 1 N–H and O–H groups in total. The number of rotatable bonds is 1. The number of thioether (sulfide) groups is 1. The molecule has 0 aliphatic carbocycles. The minimum Gasteiger partial charge on any atom is -0.512 e. The molecule has 1 aliphatic rings. The van der Waals surface area contributed by atoms with Crippen LogP contribution >= 0.6 is 11.8 Å². The summed E-state index contributed by atoms with van der Waals surface area (Å²) in [5.41, 5.74) is 2.93. The van der Waals surface area contributed by atoms with Gasteiger partial charge >= 0.3 is 0 Å². The van der Waals surface area contributed by atoms with E-state index in [9.17, 15) is 9.90 Å². The van der Waals surface area contributed by atoms with Gasteiger partial charge in [-0.1, -0.05) is 30.0 Å². The molecule has 0 radical (unpaired) electrons. The first-order chi connectivity index (χ1) is 9.30. The van der Waals surface area contributed by atoms with Crippen LogP contribution in [-0.2, 0) is 4.79 Å². The van der Waals surface area contributed by atoms with Crippen molar-refractivity contribution in [1.29, 1.82) is 0 Å². The second-order valence-electron chi connectivity index (χ2n) is 5.63. The summed E-state index contributed by atoms with van der Waals surface area (Å²) in [5.74, 6) is 0.0466. The van der Waals surface area contributed by atoms with Crippen LogP contribution in [0.4, 0.5) is 5.69 Å². The smallest absolute Gasteiger partial charge is 0.225 e. The summed E-state index contributed by atoms with van der Waals surface area (Å²) in [6, 6.07) is 7.79. The lowest BCUT2D eigenvalue weighted by atomic mass is 9.98. The van der Waals surface area contributed by atoms with E-state index in [0.717, 1.165) is 11.3 Å². The van der Waals surface area contributed by atoms with Gasteiger partial charge in [0, 0.05) is 11.2 Å². The number of aliphatic hydroxyl groups excluding tert-OH is 1. The molecular weight excluding hydrogens is 270 g/mol. The number of hydrogen-bond donors (Lipinski definition) is 1. The molecule has 1 aromatic rings. The Balaban J connectivity index is 2.53. The lowest BCUT2D eigenvalue weighted by Crippen LogP contribution is -2.32. The molecule has 2 rings (SSSR count). The van der Waals surface area contributed by atoms with Gasteiger partial charge in [-0.2, -0.15) is 0 Å². The number of carbonyl (C=O) groups excluding carboxylic acids is 1. The summed E-state index contributed by atoms with van der Waals surface area (Å²) in [7, 11) is 0. The maximum Gasteiger partial charge on any atom is 0.225 e. The third-order valence-corrected chi connectivity index (χ3v) is 4.27.